The van der Waals surface area contributed by atoms with Gasteiger partial charge in [-0.1, -0.05) is 0 Å². The molecular formula is C5H10F3O4P. The number of phosphoric acid groups is 1. The minimum Gasteiger partial charge on any atom is -0.303 e. The summed E-state index contributed by atoms with van der Waals surface area (Å²) in [5.74, 6) is 0. The van der Waals surface area contributed by atoms with Gasteiger partial charge >= 0.3 is 14.0 Å². The monoisotopic (exact) mass is 222 g/mol. The van der Waals surface area contributed by atoms with Crippen LogP contribution in [-0.2, 0) is 9.09 Å². The van der Waals surface area contributed by atoms with Crippen LogP contribution in [-0.4, -0.2) is 22.6 Å². The van der Waals surface area contributed by atoms with E-state index in [0.29, 0.717) is 0 Å². The summed E-state index contributed by atoms with van der Waals surface area (Å²) in [5, 5.41) is 0. The van der Waals surface area contributed by atoms with E-state index in [0.717, 1.165) is 0 Å². The van der Waals surface area contributed by atoms with Gasteiger partial charge in [0, 0.05) is 6.42 Å². The van der Waals surface area contributed by atoms with Gasteiger partial charge in [-0.2, -0.15) is 13.2 Å². The lowest BCUT2D eigenvalue weighted by atomic mass is 10.2. The molecule has 13 heavy (non-hydrogen) atoms. The van der Waals surface area contributed by atoms with Crippen LogP contribution in [0, 0.1) is 0 Å². The Hall–Kier alpha value is -0.100. The molecule has 0 saturated carbocycles. The highest BCUT2D eigenvalue weighted by Crippen LogP contribution is 2.36. The Morgan fingerprint density at radius 3 is 2.15 bits per heavy atom. The lowest BCUT2D eigenvalue weighted by molar-refractivity contribution is -0.135. The molecule has 0 saturated heterocycles. The summed E-state index contributed by atoms with van der Waals surface area (Å²) in [4.78, 5) is 16.3. The third-order valence-corrected chi connectivity index (χ3v) is 1.63. The number of phosphoric ester groups is 1. The molecule has 0 aromatic heterocycles. The zero-order valence-corrected chi connectivity index (χ0v) is 7.51. The normalized spacial score (nSPS) is 13.3. The van der Waals surface area contributed by atoms with Gasteiger partial charge in [0.15, 0.2) is 0 Å². The predicted octanol–water partition coefficient (Wildman–Crippen LogP) is 1.83. The Morgan fingerprint density at radius 1 is 1.23 bits per heavy atom. The van der Waals surface area contributed by atoms with Crippen molar-refractivity contribution in [3.8, 4) is 0 Å². The Balaban J connectivity index is 3.33. The zero-order chi connectivity index (χ0) is 10.5. The summed E-state index contributed by atoms with van der Waals surface area (Å²) in [6.07, 6.45) is -5.40. The highest BCUT2D eigenvalue weighted by molar-refractivity contribution is 7.46. The molecule has 0 unspecified atom stereocenters. The molecule has 80 valence electrons. The summed E-state index contributed by atoms with van der Waals surface area (Å²) >= 11 is 0. The van der Waals surface area contributed by atoms with Crippen LogP contribution in [0.4, 0.5) is 13.2 Å². The van der Waals surface area contributed by atoms with Gasteiger partial charge in [0.05, 0.1) is 6.61 Å². The summed E-state index contributed by atoms with van der Waals surface area (Å²) in [7, 11) is -4.53. The predicted molar refractivity (Wildman–Crippen MR) is 37.9 cm³/mol. The van der Waals surface area contributed by atoms with Crippen molar-refractivity contribution in [2.75, 3.05) is 6.61 Å². The SMILES string of the molecule is O=P(O)(O)OCCCCC(F)(F)F. The Labute approximate surface area is 72.9 Å². The Kier molecular flexibility index (Phi) is 4.91. The van der Waals surface area contributed by atoms with Gasteiger partial charge in [-0.3, -0.25) is 4.52 Å². The van der Waals surface area contributed by atoms with Crippen molar-refractivity contribution in [3.05, 3.63) is 0 Å². The fourth-order valence-electron chi connectivity index (χ4n) is 0.611. The Morgan fingerprint density at radius 2 is 1.77 bits per heavy atom. The van der Waals surface area contributed by atoms with Crippen LogP contribution in [0.1, 0.15) is 19.3 Å². The lowest BCUT2D eigenvalue weighted by Gasteiger charge is -2.06. The van der Waals surface area contributed by atoms with E-state index < -0.39 is 20.4 Å². The molecule has 0 bridgehead atoms. The topological polar surface area (TPSA) is 66.8 Å². The summed E-state index contributed by atoms with van der Waals surface area (Å²) in [5.41, 5.74) is 0. The number of alkyl halides is 3. The number of hydrogen-bond acceptors (Lipinski definition) is 2. The minimum absolute atomic E-state index is 0.0232. The third kappa shape index (κ3) is 11.9. The summed E-state index contributed by atoms with van der Waals surface area (Å²) in [6, 6.07) is 0. The van der Waals surface area contributed by atoms with Crippen molar-refractivity contribution in [2.45, 2.75) is 25.4 Å². The van der Waals surface area contributed by atoms with Crippen LogP contribution in [0.3, 0.4) is 0 Å². The first-order valence-corrected chi connectivity index (χ1v) is 5.00. The third-order valence-electron chi connectivity index (χ3n) is 1.11. The highest BCUT2D eigenvalue weighted by Gasteiger charge is 2.26. The van der Waals surface area contributed by atoms with Gasteiger partial charge in [0.1, 0.15) is 0 Å². The van der Waals surface area contributed by atoms with Crippen LogP contribution in [0.2, 0.25) is 0 Å². The van der Waals surface area contributed by atoms with Crippen LogP contribution >= 0.6 is 7.82 Å². The average Bonchev–Trinajstić information content (AvgIpc) is 1.81. The summed E-state index contributed by atoms with van der Waals surface area (Å²) < 4.78 is 48.6. The second-order valence-electron chi connectivity index (χ2n) is 2.40. The molecule has 8 heteroatoms. The van der Waals surface area contributed by atoms with Crippen LogP contribution in [0.25, 0.3) is 0 Å². The molecule has 0 aromatic carbocycles. The van der Waals surface area contributed by atoms with Gasteiger partial charge in [-0.15, -0.1) is 0 Å². The zero-order valence-electron chi connectivity index (χ0n) is 6.62. The molecule has 0 aliphatic rings. The number of rotatable bonds is 5. The molecule has 0 atom stereocenters. The molecular weight excluding hydrogens is 212 g/mol. The van der Waals surface area contributed by atoms with Crippen molar-refractivity contribution < 1.29 is 32.0 Å². The molecule has 0 heterocycles. The van der Waals surface area contributed by atoms with Gasteiger partial charge in [0.25, 0.3) is 0 Å². The van der Waals surface area contributed by atoms with Crippen molar-refractivity contribution >= 4 is 7.82 Å². The van der Waals surface area contributed by atoms with Crippen LogP contribution in [0.15, 0.2) is 0 Å². The molecule has 0 aliphatic carbocycles. The van der Waals surface area contributed by atoms with Gasteiger partial charge in [-0.05, 0) is 12.8 Å². The molecule has 0 aromatic rings. The largest absolute Gasteiger partial charge is 0.469 e. The van der Waals surface area contributed by atoms with E-state index in [9.17, 15) is 17.7 Å². The first-order chi connectivity index (χ1) is 5.71. The molecule has 0 spiro atoms. The fraction of sp³-hybridized carbons (Fsp3) is 1.00. The average molecular weight is 222 g/mol. The fourth-order valence-corrected chi connectivity index (χ4v) is 0.978. The smallest absolute Gasteiger partial charge is 0.303 e. The van der Waals surface area contributed by atoms with E-state index in [1.54, 1.807) is 0 Å². The molecule has 0 amide bonds. The summed E-state index contributed by atoms with van der Waals surface area (Å²) in [6.45, 7) is -0.361. The number of hydrogen-bond donors (Lipinski definition) is 2. The maximum Gasteiger partial charge on any atom is 0.469 e. The number of unbranched alkanes of at least 4 members (excludes halogenated alkanes) is 1. The van der Waals surface area contributed by atoms with E-state index in [1.165, 1.54) is 0 Å². The maximum absolute atomic E-state index is 11.5. The van der Waals surface area contributed by atoms with Gasteiger partial charge in [-0.25, -0.2) is 4.57 Å². The van der Waals surface area contributed by atoms with Gasteiger partial charge in [0.2, 0.25) is 0 Å². The van der Waals surface area contributed by atoms with Crippen molar-refractivity contribution in [2.24, 2.45) is 0 Å². The molecule has 0 fully saturated rings. The maximum atomic E-state index is 11.5. The van der Waals surface area contributed by atoms with Crippen molar-refractivity contribution in [3.63, 3.8) is 0 Å². The van der Waals surface area contributed by atoms with E-state index in [1.807, 2.05) is 0 Å². The quantitative estimate of drug-likeness (QED) is 0.550. The molecule has 4 nitrogen and oxygen atoms in total. The second-order valence-corrected chi connectivity index (χ2v) is 3.64. The first-order valence-electron chi connectivity index (χ1n) is 3.47. The first kappa shape index (κ1) is 12.9. The standard InChI is InChI=1S/C5H10F3O4P/c6-5(7,8)3-1-2-4-12-13(9,10)11/h1-4H2,(H2,9,10,11). The lowest BCUT2D eigenvalue weighted by Crippen LogP contribution is -2.07. The number of halogens is 3. The van der Waals surface area contributed by atoms with E-state index >= 15 is 0 Å². The second kappa shape index (κ2) is 4.95. The van der Waals surface area contributed by atoms with E-state index in [-0.39, 0.29) is 19.4 Å². The molecule has 2 N–H and O–H groups in total. The van der Waals surface area contributed by atoms with Crippen molar-refractivity contribution in [1.29, 1.82) is 0 Å². The molecule has 0 radical (unpaired) electrons. The van der Waals surface area contributed by atoms with Crippen molar-refractivity contribution in [1.82, 2.24) is 0 Å². The van der Waals surface area contributed by atoms with E-state index in [2.05, 4.69) is 4.52 Å². The minimum atomic E-state index is -4.53. The van der Waals surface area contributed by atoms with Crippen LogP contribution < -0.4 is 0 Å². The van der Waals surface area contributed by atoms with E-state index in [4.69, 9.17) is 9.79 Å². The highest BCUT2D eigenvalue weighted by atomic mass is 31.2. The molecule has 0 aliphatic heterocycles. The molecule has 0 rings (SSSR count). The Bertz CT molecular complexity index is 187. The van der Waals surface area contributed by atoms with Gasteiger partial charge < -0.3 is 9.79 Å². The van der Waals surface area contributed by atoms with Crippen LogP contribution in [0.5, 0.6) is 0 Å².